The summed E-state index contributed by atoms with van der Waals surface area (Å²) in [7, 11) is 1.78. The van der Waals surface area contributed by atoms with E-state index in [4.69, 9.17) is 5.73 Å². The summed E-state index contributed by atoms with van der Waals surface area (Å²) in [5, 5.41) is 0. The van der Waals surface area contributed by atoms with E-state index in [0.717, 1.165) is 13.1 Å². The normalized spacial score (nSPS) is 13.9. The number of anilines is 1. The molecule has 1 aromatic heterocycles. The number of likely N-dealkylation sites (N-methyl/N-ethyl adjacent to an activating group) is 1. The molecule has 1 fully saturated rings. The van der Waals surface area contributed by atoms with Gasteiger partial charge in [-0.1, -0.05) is 17.8 Å². The van der Waals surface area contributed by atoms with Gasteiger partial charge in [-0.25, -0.2) is 4.79 Å². The molecule has 5 nitrogen and oxygen atoms in total. The van der Waals surface area contributed by atoms with Crippen LogP contribution in [-0.2, 0) is 32.7 Å². The van der Waals surface area contributed by atoms with Gasteiger partial charge in [-0.2, -0.15) is 6.07 Å². The maximum absolute atomic E-state index is 11.5. The number of aromatic nitrogens is 1. The fourth-order valence-corrected chi connectivity index (χ4v) is 1.51. The van der Waals surface area contributed by atoms with Gasteiger partial charge in [-0.15, -0.1) is 12.0 Å². The first-order valence-electron chi connectivity index (χ1n) is 5.29. The number of pyridine rings is 1. The molecule has 2 rings (SSSR count). The molecule has 0 aliphatic carbocycles. The zero-order chi connectivity index (χ0) is 12.3. The summed E-state index contributed by atoms with van der Waals surface area (Å²) in [4.78, 5) is 19.0. The van der Waals surface area contributed by atoms with Gasteiger partial charge >= 0.3 is 6.03 Å². The molecule has 0 atom stereocenters. The van der Waals surface area contributed by atoms with Gasteiger partial charge in [0.2, 0.25) is 0 Å². The first kappa shape index (κ1) is 14.9. The van der Waals surface area contributed by atoms with Gasteiger partial charge in [0.05, 0.1) is 6.54 Å². The third-order valence-corrected chi connectivity index (χ3v) is 2.51. The summed E-state index contributed by atoms with van der Waals surface area (Å²) in [6, 6.07) is 4.48. The Balaban J connectivity index is 0.00000162. The van der Waals surface area contributed by atoms with E-state index in [-0.39, 0.29) is 38.7 Å². The minimum absolute atomic E-state index is 0. The van der Waals surface area contributed by atoms with Gasteiger partial charge < -0.3 is 20.5 Å². The molecule has 0 aromatic carbocycles. The van der Waals surface area contributed by atoms with Crippen molar-refractivity contribution in [3.63, 3.8) is 0 Å². The van der Waals surface area contributed by atoms with E-state index in [2.05, 4.69) is 22.9 Å². The van der Waals surface area contributed by atoms with E-state index in [9.17, 15) is 4.79 Å². The number of rotatable bonds is 1. The number of hydrogen-bond donors (Lipinski definition) is 1. The van der Waals surface area contributed by atoms with E-state index < -0.39 is 0 Å². The molecule has 0 bridgehead atoms. The standard InChI is InChI=1S/C12H13N4O.Y/c1-15-7-8-16(12(15)17)6-2-3-11-5-4-10(13)9-14-11;/h5,9H,6-8,13H2,1H3;/q-1;. The Morgan fingerprint density at radius 1 is 1.56 bits per heavy atom. The van der Waals surface area contributed by atoms with Gasteiger partial charge in [-0.05, 0) is 5.69 Å². The molecule has 0 spiro atoms. The number of nitrogens with zero attached hydrogens (tertiary/aromatic N) is 3. The fraction of sp³-hybridized carbons (Fsp3) is 0.333. The Bertz CT molecular complexity index is 477. The van der Waals surface area contributed by atoms with Gasteiger partial charge in [0.25, 0.3) is 0 Å². The molecule has 18 heavy (non-hydrogen) atoms. The predicted molar refractivity (Wildman–Crippen MR) is 64.0 cm³/mol. The molecule has 91 valence electrons. The summed E-state index contributed by atoms with van der Waals surface area (Å²) >= 11 is 0. The largest absolute Gasteiger partial charge is 0.418 e. The molecule has 6 heteroatoms. The SMILES string of the molecule is CN1CCN(CC#Cc2c[c-]c(N)cn2)C1=O.[Y]. The third kappa shape index (κ3) is 3.69. The van der Waals surface area contributed by atoms with Crippen LogP contribution in [-0.4, -0.2) is 47.5 Å². The number of urea groups is 1. The van der Waals surface area contributed by atoms with Gasteiger partial charge in [0.15, 0.2) is 0 Å². The summed E-state index contributed by atoms with van der Waals surface area (Å²) < 4.78 is 0. The number of carbonyl (C=O) groups is 1. The summed E-state index contributed by atoms with van der Waals surface area (Å²) in [6.45, 7) is 1.91. The second-order valence-electron chi connectivity index (χ2n) is 3.81. The van der Waals surface area contributed by atoms with Crippen LogP contribution in [0.4, 0.5) is 10.5 Å². The van der Waals surface area contributed by atoms with Crippen LogP contribution in [0.2, 0.25) is 0 Å². The van der Waals surface area contributed by atoms with Crippen molar-refractivity contribution < 1.29 is 37.5 Å². The zero-order valence-electron chi connectivity index (χ0n) is 10.2. The molecule has 1 aliphatic rings. The second-order valence-corrected chi connectivity index (χ2v) is 3.81. The van der Waals surface area contributed by atoms with Crippen molar-refractivity contribution in [2.45, 2.75) is 0 Å². The molecule has 2 amide bonds. The van der Waals surface area contributed by atoms with Crippen molar-refractivity contribution in [3.05, 3.63) is 24.0 Å². The van der Waals surface area contributed by atoms with Crippen molar-refractivity contribution in [2.75, 3.05) is 32.4 Å². The zero-order valence-corrected chi connectivity index (χ0v) is 13.0. The summed E-state index contributed by atoms with van der Waals surface area (Å²) in [5.74, 6) is 5.79. The Morgan fingerprint density at radius 2 is 2.33 bits per heavy atom. The second kappa shape index (κ2) is 6.72. The van der Waals surface area contributed by atoms with Crippen LogP contribution in [0, 0.1) is 17.9 Å². The minimum atomic E-state index is 0. The maximum atomic E-state index is 11.5. The molecule has 1 radical (unpaired) electrons. The number of hydrogen-bond acceptors (Lipinski definition) is 3. The van der Waals surface area contributed by atoms with Gasteiger partial charge in [0, 0.05) is 52.8 Å². The van der Waals surface area contributed by atoms with Crippen molar-refractivity contribution in [2.24, 2.45) is 0 Å². The predicted octanol–water partition coefficient (Wildman–Crippen LogP) is 0.180. The Labute approximate surface area is 132 Å². The molecule has 0 unspecified atom stereocenters. The summed E-state index contributed by atoms with van der Waals surface area (Å²) in [5.41, 5.74) is 6.57. The third-order valence-electron chi connectivity index (χ3n) is 2.51. The topological polar surface area (TPSA) is 62.5 Å². The average molecular weight is 318 g/mol. The van der Waals surface area contributed by atoms with E-state index in [1.54, 1.807) is 22.9 Å². The maximum Gasteiger partial charge on any atom is 0.320 e. The van der Waals surface area contributed by atoms with Crippen LogP contribution in [0.5, 0.6) is 0 Å². The van der Waals surface area contributed by atoms with E-state index in [1.165, 1.54) is 6.20 Å². The van der Waals surface area contributed by atoms with Crippen molar-refractivity contribution in [1.82, 2.24) is 14.8 Å². The Morgan fingerprint density at radius 3 is 2.89 bits per heavy atom. The molecule has 1 aliphatic heterocycles. The van der Waals surface area contributed by atoms with Gasteiger partial charge in [0.1, 0.15) is 0 Å². The van der Waals surface area contributed by atoms with Gasteiger partial charge in [-0.3, -0.25) is 0 Å². The minimum Gasteiger partial charge on any atom is -0.418 e. The Kier molecular flexibility index (Phi) is 5.58. The molecule has 2 heterocycles. The van der Waals surface area contributed by atoms with Crippen LogP contribution < -0.4 is 5.73 Å². The molecular weight excluding hydrogens is 305 g/mol. The van der Waals surface area contributed by atoms with Crippen LogP contribution in [0.25, 0.3) is 0 Å². The number of nitrogen functional groups attached to an aromatic ring is 1. The van der Waals surface area contributed by atoms with Crippen LogP contribution >= 0.6 is 0 Å². The monoisotopic (exact) mass is 318 g/mol. The number of carbonyl (C=O) groups excluding carboxylic acids is 1. The molecule has 0 saturated carbocycles. The van der Waals surface area contributed by atoms with Crippen LogP contribution in [0.15, 0.2) is 12.3 Å². The van der Waals surface area contributed by atoms with Crippen molar-refractivity contribution in [3.8, 4) is 11.8 Å². The first-order chi connectivity index (χ1) is 8.16. The average Bonchev–Trinajstić information content (AvgIpc) is 2.64. The van der Waals surface area contributed by atoms with Crippen molar-refractivity contribution in [1.29, 1.82) is 0 Å². The molecular formula is C12H13N4OY-. The van der Waals surface area contributed by atoms with E-state index in [1.807, 2.05) is 0 Å². The van der Waals surface area contributed by atoms with E-state index >= 15 is 0 Å². The fourth-order valence-electron chi connectivity index (χ4n) is 1.51. The van der Waals surface area contributed by atoms with E-state index in [0.29, 0.717) is 17.9 Å². The van der Waals surface area contributed by atoms with Crippen LogP contribution in [0.1, 0.15) is 5.69 Å². The first-order valence-corrected chi connectivity index (χ1v) is 5.29. The summed E-state index contributed by atoms with van der Waals surface area (Å²) in [6.07, 6.45) is 1.51. The molecule has 1 aromatic rings. The smallest absolute Gasteiger partial charge is 0.320 e. The van der Waals surface area contributed by atoms with Crippen molar-refractivity contribution >= 4 is 11.7 Å². The number of amides is 2. The molecule has 2 N–H and O–H groups in total. The van der Waals surface area contributed by atoms with Crippen LogP contribution in [0.3, 0.4) is 0 Å². The molecule has 1 saturated heterocycles. The quantitative estimate of drug-likeness (QED) is 0.594. The number of nitrogens with two attached hydrogens (primary N) is 1. The Hall–Kier alpha value is -1.12.